The summed E-state index contributed by atoms with van der Waals surface area (Å²) < 4.78 is 2.63. The summed E-state index contributed by atoms with van der Waals surface area (Å²) in [5.41, 5.74) is 9.54. The molecule has 160 valence electrons. The molecule has 0 saturated carbocycles. The van der Waals surface area contributed by atoms with Crippen molar-refractivity contribution in [3.05, 3.63) is 110 Å². The molecule has 0 fully saturated rings. The average molecular weight is 481 g/mol. The topological polar surface area (TPSA) is 53.9 Å². The van der Waals surface area contributed by atoms with Gasteiger partial charge in [0.25, 0.3) is 0 Å². The Morgan fingerprint density at radius 1 is 0.829 bits per heavy atom. The molecule has 4 nitrogen and oxygen atoms in total. The lowest BCUT2D eigenvalue weighted by molar-refractivity contribution is 0.330. The summed E-state index contributed by atoms with van der Waals surface area (Å²) in [6.07, 6.45) is 0. The molecule has 6 heteroatoms. The molecule has 6 aromatic rings. The van der Waals surface area contributed by atoms with E-state index in [1.807, 2.05) is 0 Å². The molecule has 0 saturated heterocycles. The van der Waals surface area contributed by atoms with Gasteiger partial charge < -0.3 is 0 Å². The fraction of sp³-hybridized carbons (Fsp3) is 0.103. The van der Waals surface area contributed by atoms with Gasteiger partial charge >= 0.3 is 0 Å². The van der Waals surface area contributed by atoms with E-state index in [2.05, 4.69) is 58.1 Å². The fourth-order valence-corrected chi connectivity index (χ4v) is 8.60. The first-order valence-electron chi connectivity index (χ1n) is 11.4. The van der Waals surface area contributed by atoms with E-state index >= 15 is 0 Å². The lowest BCUT2D eigenvalue weighted by Gasteiger charge is -2.58. The summed E-state index contributed by atoms with van der Waals surface area (Å²) in [4.78, 5) is 13.9. The third-order valence-corrected chi connectivity index (χ3v) is 10.1. The maximum Gasteiger partial charge on any atom is 0.206 e. The van der Waals surface area contributed by atoms with E-state index in [9.17, 15) is 5.26 Å². The van der Waals surface area contributed by atoms with Crippen LogP contribution in [0.5, 0.6) is 0 Å². The second kappa shape index (κ2) is 5.75. The van der Waals surface area contributed by atoms with Crippen molar-refractivity contribution in [3.8, 4) is 6.07 Å². The molecule has 0 bridgehead atoms. The van der Waals surface area contributed by atoms with E-state index in [-0.39, 0.29) is 17.3 Å². The Morgan fingerprint density at radius 3 is 2.17 bits per heavy atom. The van der Waals surface area contributed by atoms with Crippen LogP contribution >= 0.6 is 22.7 Å². The maximum atomic E-state index is 9.56. The number of aromatic nitrogens is 2. The standard InChI is InChI=1S/C29H12N4S2/c1-31-20-11-22-21(8-15(20)12-30)32-27-25-16-6-13-2-4-35-24(13)10-19(16)29(25)18-7-14-3-5-34-23(14)9-17(18)26(29)28(27)33-22/h2-11,25-26H. The molecule has 1 spiro atoms. The first kappa shape index (κ1) is 18.3. The van der Waals surface area contributed by atoms with Gasteiger partial charge in [-0.25, -0.2) is 14.8 Å². The van der Waals surface area contributed by atoms with Gasteiger partial charge in [0.2, 0.25) is 5.69 Å². The van der Waals surface area contributed by atoms with E-state index in [4.69, 9.17) is 16.5 Å². The molecule has 3 heterocycles. The molecule has 3 aromatic carbocycles. The quantitative estimate of drug-likeness (QED) is 0.213. The monoisotopic (exact) mass is 480 g/mol. The summed E-state index contributed by atoms with van der Waals surface area (Å²) in [6.45, 7) is 7.50. The van der Waals surface area contributed by atoms with Gasteiger partial charge in [0, 0.05) is 26.7 Å². The van der Waals surface area contributed by atoms with Crippen molar-refractivity contribution in [1.29, 1.82) is 5.26 Å². The summed E-state index contributed by atoms with van der Waals surface area (Å²) in [5.74, 6) is 0.325. The molecule has 0 aliphatic heterocycles. The van der Waals surface area contributed by atoms with Crippen LogP contribution in [-0.4, -0.2) is 9.97 Å². The average Bonchev–Trinajstić information content (AvgIpc) is 3.56. The van der Waals surface area contributed by atoms with Gasteiger partial charge in [-0.1, -0.05) is 0 Å². The first-order chi connectivity index (χ1) is 17.2. The minimum absolute atomic E-state index is 0.126. The molecule has 35 heavy (non-hydrogen) atoms. The van der Waals surface area contributed by atoms with Gasteiger partial charge in [-0.15, -0.1) is 22.7 Å². The van der Waals surface area contributed by atoms with E-state index in [0.29, 0.717) is 22.3 Å². The van der Waals surface area contributed by atoms with Crippen LogP contribution in [0.15, 0.2) is 59.3 Å². The minimum atomic E-state index is -0.126. The van der Waals surface area contributed by atoms with Gasteiger partial charge in [0.1, 0.15) is 0 Å². The van der Waals surface area contributed by atoms with Crippen LogP contribution in [0, 0.1) is 17.9 Å². The Hall–Kier alpha value is -4.10. The summed E-state index contributed by atoms with van der Waals surface area (Å²) >= 11 is 3.57. The number of hydrogen-bond acceptors (Lipinski definition) is 5. The van der Waals surface area contributed by atoms with Crippen molar-refractivity contribution in [2.75, 3.05) is 0 Å². The van der Waals surface area contributed by atoms with Crippen LogP contribution in [0.3, 0.4) is 0 Å². The molecule has 3 aliphatic carbocycles. The lowest BCUT2D eigenvalue weighted by atomic mass is 9.43. The van der Waals surface area contributed by atoms with Gasteiger partial charge in [-0.05, 0) is 92.3 Å². The van der Waals surface area contributed by atoms with Crippen LogP contribution in [-0.2, 0) is 5.41 Å². The second-order valence-corrected chi connectivity index (χ2v) is 11.5. The SMILES string of the molecule is [C-]#[N+]c1cc2nc3c(nc2cc1C#N)C1c2cc4ccsc4cc2C12c1cc4ccsc4cc1C32. The number of rotatable bonds is 0. The number of thiophene rings is 2. The third-order valence-electron chi connectivity index (χ3n) is 8.30. The number of nitrogens with zero attached hydrogens (tertiary/aromatic N) is 4. The van der Waals surface area contributed by atoms with Gasteiger partial charge in [-0.2, -0.15) is 5.26 Å². The van der Waals surface area contributed by atoms with Crippen LogP contribution in [0.2, 0.25) is 0 Å². The molecular formula is C29H12N4S2. The summed E-state index contributed by atoms with van der Waals surface area (Å²) in [7, 11) is 0. The molecule has 3 aromatic heterocycles. The van der Waals surface area contributed by atoms with Crippen molar-refractivity contribution < 1.29 is 0 Å². The Bertz CT molecular complexity index is 1920. The maximum absolute atomic E-state index is 9.56. The third kappa shape index (κ3) is 1.86. The number of nitriles is 1. The van der Waals surface area contributed by atoms with Crippen LogP contribution < -0.4 is 0 Å². The smallest absolute Gasteiger partial charge is 0.206 e. The largest absolute Gasteiger partial charge is 0.250 e. The highest BCUT2D eigenvalue weighted by Crippen LogP contribution is 2.77. The summed E-state index contributed by atoms with van der Waals surface area (Å²) in [5, 5.41) is 16.5. The van der Waals surface area contributed by atoms with Crippen LogP contribution in [0.25, 0.3) is 36.1 Å². The van der Waals surface area contributed by atoms with Crippen molar-refractivity contribution in [2.45, 2.75) is 17.3 Å². The Kier molecular flexibility index (Phi) is 3.00. The second-order valence-electron chi connectivity index (χ2n) is 9.61. The van der Waals surface area contributed by atoms with Gasteiger partial charge in [0.05, 0.1) is 40.6 Å². The molecule has 9 rings (SSSR count). The number of fused-ring (bicyclic) bond motifs is 10. The van der Waals surface area contributed by atoms with E-state index in [0.717, 1.165) is 11.4 Å². The zero-order valence-electron chi connectivity index (χ0n) is 18.0. The van der Waals surface area contributed by atoms with E-state index in [1.165, 1.54) is 42.4 Å². The van der Waals surface area contributed by atoms with E-state index in [1.54, 1.807) is 34.8 Å². The number of hydrogen-bond donors (Lipinski definition) is 0. The molecular weight excluding hydrogens is 468 g/mol. The lowest BCUT2D eigenvalue weighted by Crippen LogP contribution is -2.52. The highest BCUT2D eigenvalue weighted by atomic mass is 32.1. The van der Waals surface area contributed by atoms with E-state index < -0.39 is 0 Å². The molecule has 0 N–H and O–H groups in total. The fourth-order valence-electron chi connectivity index (χ4n) is 6.97. The highest BCUT2D eigenvalue weighted by molar-refractivity contribution is 7.17. The predicted octanol–water partition coefficient (Wildman–Crippen LogP) is 7.37. The van der Waals surface area contributed by atoms with Crippen molar-refractivity contribution in [1.82, 2.24) is 9.97 Å². The molecule has 0 amide bonds. The zero-order chi connectivity index (χ0) is 23.1. The highest BCUT2D eigenvalue weighted by Gasteiger charge is 2.71. The van der Waals surface area contributed by atoms with Crippen LogP contribution in [0.1, 0.15) is 51.0 Å². The first-order valence-corrected chi connectivity index (χ1v) is 13.1. The Balaban J connectivity index is 1.40. The predicted molar refractivity (Wildman–Crippen MR) is 139 cm³/mol. The normalized spacial score (nSPS) is 22.3. The molecule has 0 radical (unpaired) electrons. The van der Waals surface area contributed by atoms with Crippen molar-refractivity contribution in [3.63, 3.8) is 0 Å². The van der Waals surface area contributed by atoms with Crippen molar-refractivity contribution >= 4 is 59.6 Å². The molecule has 3 unspecified atom stereocenters. The van der Waals surface area contributed by atoms with Crippen molar-refractivity contribution in [2.24, 2.45) is 0 Å². The Labute approximate surface area is 207 Å². The van der Waals surface area contributed by atoms with Gasteiger partial charge in [-0.3, -0.25) is 0 Å². The molecule has 3 atom stereocenters. The Morgan fingerprint density at radius 2 is 1.46 bits per heavy atom. The zero-order valence-corrected chi connectivity index (χ0v) is 19.7. The van der Waals surface area contributed by atoms with Crippen LogP contribution in [0.4, 0.5) is 5.69 Å². The number of benzene rings is 3. The van der Waals surface area contributed by atoms with Gasteiger partial charge in [0.15, 0.2) is 0 Å². The summed E-state index contributed by atoms with van der Waals surface area (Å²) in [6, 6.07) is 19.5. The minimum Gasteiger partial charge on any atom is -0.250 e. The molecule has 3 aliphatic rings.